The van der Waals surface area contributed by atoms with E-state index in [2.05, 4.69) is 50.3 Å². The maximum Gasteiger partial charge on any atom is 0.472 e. The minimum Gasteiger partial charge on any atom is -0.462 e. The molecule has 14 heteroatoms. The summed E-state index contributed by atoms with van der Waals surface area (Å²) in [4.78, 5) is 35.6. The largest absolute Gasteiger partial charge is 0.472 e. The highest BCUT2D eigenvalue weighted by Crippen LogP contribution is 2.47. The van der Waals surface area contributed by atoms with Gasteiger partial charge in [-0.1, -0.05) is 121 Å². The first-order valence-electron chi connectivity index (χ1n) is 21.3. The molecule has 0 bridgehead atoms. The van der Waals surface area contributed by atoms with Gasteiger partial charge in [0.15, 0.2) is 6.10 Å². The fraction of sp³-hybridized carbons (Fsp3) is 0.810. The lowest BCUT2D eigenvalue weighted by atomic mass is 9.85. The number of allylic oxidation sites excluding steroid dienone is 6. The van der Waals surface area contributed by atoms with Crippen LogP contribution in [-0.2, 0) is 32.7 Å². The Morgan fingerprint density at radius 1 is 0.554 bits per heavy atom. The van der Waals surface area contributed by atoms with Gasteiger partial charge in [0.2, 0.25) is 0 Å². The van der Waals surface area contributed by atoms with Gasteiger partial charge in [0.1, 0.15) is 43.2 Å². The standard InChI is InChI=1S/C42H75O13P/c1-3-5-7-9-11-13-15-17-19-21-23-25-27-29-31-36(44)54-34(33-53-56(50,51)55-42-40(48)38(46)37(45)39(47)41(42)49)32-52-35(43)30-28-26-24-22-20-18-16-14-12-10-8-6-4-2/h9,11,14-17,34,37-42,45-49H,3-8,10,12-13,18-33H2,1-2H3,(H,50,51)/b11-9-,16-14-,17-15-/t34-,37?,38-,39?,40?,41?,42?/m1/s1. The Kier molecular flexibility index (Phi) is 30.7. The SMILES string of the molecule is CCCC/C=C\C/C=C\CCCCCCCC(=O)O[C@H](COC(=O)CCCCCCC/C=C\CCCCCC)COP(=O)(O)OC1C(O)C(O)C(O)[C@@H](O)C1O. The first-order chi connectivity index (χ1) is 26.9. The van der Waals surface area contributed by atoms with E-state index >= 15 is 0 Å². The van der Waals surface area contributed by atoms with Crippen LogP contribution < -0.4 is 0 Å². The van der Waals surface area contributed by atoms with Gasteiger partial charge in [-0.2, -0.15) is 0 Å². The molecule has 6 unspecified atom stereocenters. The van der Waals surface area contributed by atoms with Crippen LogP contribution in [-0.4, -0.2) is 98.3 Å². The molecule has 8 atom stereocenters. The molecule has 1 fully saturated rings. The third kappa shape index (κ3) is 25.4. The van der Waals surface area contributed by atoms with E-state index in [0.29, 0.717) is 12.8 Å². The Labute approximate surface area is 336 Å². The van der Waals surface area contributed by atoms with Gasteiger partial charge in [-0.05, 0) is 64.2 Å². The number of phosphoric ester groups is 1. The average molecular weight is 819 g/mol. The molecule has 1 saturated carbocycles. The van der Waals surface area contributed by atoms with Gasteiger partial charge in [-0.3, -0.25) is 18.6 Å². The fourth-order valence-electron chi connectivity index (χ4n) is 6.18. The normalized spacial score (nSPS) is 23.2. The topological polar surface area (TPSA) is 210 Å². The summed E-state index contributed by atoms with van der Waals surface area (Å²) in [5, 5.41) is 50.0. The lowest BCUT2D eigenvalue weighted by molar-refractivity contribution is -0.220. The molecule has 56 heavy (non-hydrogen) atoms. The van der Waals surface area contributed by atoms with Crippen LogP contribution >= 0.6 is 7.82 Å². The summed E-state index contributed by atoms with van der Waals surface area (Å²) in [6.45, 7) is 3.20. The van der Waals surface area contributed by atoms with E-state index < -0.39 is 75.7 Å². The van der Waals surface area contributed by atoms with Crippen LogP contribution in [0.4, 0.5) is 0 Å². The van der Waals surface area contributed by atoms with Gasteiger partial charge >= 0.3 is 19.8 Å². The highest BCUT2D eigenvalue weighted by molar-refractivity contribution is 7.47. The number of unbranched alkanes of at least 4 members (excludes halogenated alkanes) is 16. The van der Waals surface area contributed by atoms with Gasteiger partial charge in [0.05, 0.1) is 6.61 Å². The van der Waals surface area contributed by atoms with Gasteiger partial charge < -0.3 is 39.9 Å². The zero-order valence-corrected chi connectivity index (χ0v) is 35.1. The molecule has 13 nitrogen and oxygen atoms in total. The van der Waals surface area contributed by atoms with Crippen molar-refractivity contribution < 1.29 is 63.1 Å². The van der Waals surface area contributed by atoms with Crippen molar-refractivity contribution in [1.29, 1.82) is 0 Å². The number of esters is 2. The number of rotatable bonds is 34. The summed E-state index contributed by atoms with van der Waals surface area (Å²) < 4.78 is 33.4. The minimum atomic E-state index is -5.12. The van der Waals surface area contributed by atoms with Gasteiger partial charge in [-0.25, -0.2) is 4.57 Å². The third-order valence-corrected chi connectivity index (χ3v) is 10.7. The predicted octanol–water partition coefficient (Wildman–Crippen LogP) is 7.44. The molecule has 0 aromatic carbocycles. The molecule has 0 heterocycles. The molecule has 0 aromatic heterocycles. The van der Waals surface area contributed by atoms with E-state index in [1.165, 1.54) is 38.5 Å². The Balaban J connectivity index is 2.52. The summed E-state index contributed by atoms with van der Waals surface area (Å²) in [5.41, 5.74) is 0. The minimum absolute atomic E-state index is 0.0787. The van der Waals surface area contributed by atoms with Gasteiger partial charge in [-0.15, -0.1) is 0 Å². The Morgan fingerprint density at radius 3 is 1.52 bits per heavy atom. The molecule has 0 amide bonds. The molecule has 1 aliphatic rings. The Bertz CT molecular complexity index is 1130. The summed E-state index contributed by atoms with van der Waals surface area (Å²) >= 11 is 0. The Morgan fingerprint density at radius 2 is 0.982 bits per heavy atom. The number of phosphoric acid groups is 1. The number of carbonyl (C=O) groups is 2. The maximum atomic E-state index is 12.8. The van der Waals surface area contributed by atoms with Crippen LogP contribution in [0.3, 0.4) is 0 Å². The second-order valence-corrected chi connectivity index (χ2v) is 16.2. The van der Waals surface area contributed by atoms with Crippen LogP contribution in [0.2, 0.25) is 0 Å². The number of hydrogen-bond donors (Lipinski definition) is 6. The van der Waals surface area contributed by atoms with Crippen molar-refractivity contribution in [2.24, 2.45) is 0 Å². The predicted molar refractivity (Wildman–Crippen MR) is 216 cm³/mol. The lowest BCUT2D eigenvalue weighted by Gasteiger charge is -2.41. The monoisotopic (exact) mass is 818 g/mol. The number of aliphatic hydroxyl groups excluding tert-OH is 5. The van der Waals surface area contributed by atoms with Crippen molar-refractivity contribution >= 4 is 19.8 Å². The van der Waals surface area contributed by atoms with Crippen LogP contribution in [0.15, 0.2) is 36.5 Å². The lowest BCUT2D eigenvalue weighted by Crippen LogP contribution is -2.64. The average Bonchev–Trinajstić information content (AvgIpc) is 3.18. The summed E-state index contributed by atoms with van der Waals surface area (Å²) in [6.07, 6.45) is 22.1. The molecule has 0 spiro atoms. The molecule has 326 valence electrons. The van der Waals surface area contributed by atoms with Crippen LogP contribution in [0.1, 0.15) is 162 Å². The molecule has 0 saturated heterocycles. The van der Waals surface area contributed by atoms with E-state index in [-0.39, 0.29) is 12.8 Å². The van der Waals surface area contributed by atoms with Crippen LogP contribution in [0.5, 0.6) is 0 Å². The van der Waals surface area contributed by atoms with Gasteiger partial charge in [0, 0.05) is 12.8 Å². The van der Waals surface area contributed by atoms with Crippen molar-refractivity contribution in [3.05, 3.63) is 36.5 Å². The highest BCUT2D eigenvalue weighted by atomic mass is 31.2. The number of carbonyl (C=O) groups excluding carboxylic acids is 2. The number of hydrogen-bond acceptors (Lipinski definition) is 12. The first kappa shape index (κ1) is 52.1. The zero-order chi connectivity index (χ0) is 41.4. The number of aliphatic hydroxyl groups is 5. The van der Waals surface area contributed by atoms with Crippen LogP contribution in [0.25, 0.3) is 0 Å². The van der Waals surface area contributed by atoms with Crippen molar-refractivity contribution in [3.8, 4) is 0 Å². The highest BCUT2D eigenvalue weighted by Gasteiger charge is 2.51. The van der Waals surface area contributed by atoms with Crippen LogP contribution in [0, 0.1) is 0 Å². The molecule has 0 aliphatic heterocycles. The molecule has 1 aliphatic carbocycles. The Hall–Kier alpha value is -1.93. The van der Waals surface area contributed by atoms with Crippen molar-refractivity contribution in [2.45, 2.75) is 204 Å². The van der Waals surface area contributed by atoms with E-state index in [9.17, 15) is 44.6 Å². The molecular weight excluding hydrogens is 743 g/mol. The molecule has 0 aromatic rings. The second kappa shape index (κ2) is 33.0. The quantitative estimate of drug-likeness (QED) is 0.0162. The maximum absolute atomic E-state index is 12.8. The van der Waals surface area contributed by atoms with E-state index in [1.54, 1.807) is 0 Å². The molecule has 6 N–H and O–H groups in total. The van der Waals surface area contributed by atoms with Gasteiger partial charge in [0.25, 0.3) is 0 Å². The molecular formula is C42H75O13P. The third-order valence-electron chi connectivity index (χ3n) is 9.70. The van der Waals surface area contributed by atoms with E-state index in [1.807, 2.05) is 0 Å². The summed E-state index contributed by atoms with van der Waals surface area (Å²) in [7, 11) is -5.12. The van der Waals surface area contributed by atoms with E-state index in [0.717, 1.165) is 83.5 Å². The summed E-state index contributed by atoms with van der Waals surface area (Å²) in [5.74, 6) is -1.13. The smallest absolute Gasteiger partial charge is 0.462 e. The molecule has 0 radical (unpaired) electrons. The number of ether oxygens (including phenoxy) is 2. The first-order valence-corrected chi connectivity index (χ1v) is 22.8. The van der Waals surface area contributed by atoms with Crippen molar-refractivity contribution in [1.82, 2.24) is 0 Å². The zero-order valence-electron chi connectivity index (χ0n) is 34.2. The summed E-state index contributed by atoms with van der Waals surface area (Å²) in [6, 6.07) is 0. The fourth-order valence-corrected chi connectivity index (χ4v) is 7.15. The van der Waals surface area contributed by atoms with Crippen molar-refractivity contribution in [2.75, 3.05) is 13.2 Å². The second-order valence-electron chi connectivity index (χ2n) is 14.8. The molecule has 1 rings (SSSR count). The van der Waals surface area contributed by atoms with Crippen molar-refractivity contribution in [3.63, 3.8) is 0 Å². The van der Waals surface area contributed by atoms with E-state index in [4.69, 9.17) is 18.5 Å².